The molecule has 0 saturated carbocycles. The highest BCUT2D eigenvalue weighted by atomic mass is 16.5. The molecule has 1 heterocycles. The largest absolute Gasteiger partial charge is 0.494 e. The zero-order valence-corrected chi connectivity index (χ0v) is 20.7. The Bertz CT molecular complexity index is 700. The maximum Gasteiger partial charge on any atom is 0.159 e. The van der Waals surface area contributed by atoms with Crippen LogP contribution in [0.1, 0.15) is 97.8 Å². The molecule has 1 aromatic carbocycles. The predicted molar refractivity (Wildman–Crippen MR) is 134 cm³/mol. The quantitative estimate of drug-likeness (QED) is 0.219. The van der Waals surface area contributed by atoms with Crippen LogP contribution in [-0.4, -0.2) is 23.2 Å². The Balaban J connectivity index is 1.59. The van der Waals surface area contributed by atoms with E-state index in [0.717, 1.165) is 36.5 Å². The van der Waals surface area contributed by atoms with E-state index in [9.17, 15) is 0 Å². The van der Waals surface area contributed by atoms with E-state index in [0.29, 0.717) is 18.3 Å². The molecule has 1 aromatic heterocycles. The highest BCUT2D eigenvalue weighted by molar-refractivity contribution is 5.56. The molecule has 32 heavy (non-hydrogen) atoms. The average molecular weight is 441 g/mol. The van der Waals surface area contributed by atoms with Gasteiger partial charge in [-0.3, -0.25) is 0 Å². The van der Waals surface area contributed by atoms with Crippen molar-refractivity contribution >= 4 is 0 Å². The molecule has 178 valence electrons. The Morgan fingerprint density at radius 2 is 1.25 bits per heavy atom. The molecule has 1 unspecified atom stereocenters. The summed E-state index contributed by atoms with van der Waals surface area (Å²) in [6.07, 6.45) is 19.2. The van der Waals surface area contributed by atoms with Crippen LogP contribution in [0.25, 0.3) is 11.4 Å². The number of ether oxygens (including phenoxy) is 2. The number of nitrogens with zero attached hydrogens (tertiary/aromatic N) is 2. The van der Waals surface area contributed by atoms with Crippen molar-refractivity contribution in [2.24, 2.45) is 5.92 Å². The number of rotatable bonds is 18. The molecule has 1 atom stereocenters. The highest BCUT2D eigenvalue weighted by Crippen LogP contribution is 2.21. The van der Waals surface area contributed by atoms with Crippen molar-refractivity contribution in [1.82, 2.24) is 9.97 Å². The minimum atomic E-state index is 0.682. The lowest BCUT2D eigenvalue weighted by atomic mass is 10.1. The van der Waals surface area contributed by atoms with Crippen LogP contribution < -0.4 is 9.47 Å². The van der Waals surface area contributed by atoms with Crippen LogP contribution in [0.3, 0.4) is 0 Å². The lowest BCUT2D eigenvalue weighted by Crippen LogP contribution is -2.04. The van der Waals surface area contributed by atoms with Gasteiger partial charge in [-0.15, -0.1) is 0 Å². The fraction of sp³-hybridized carbons (Fsp3) is 0.643. The first-order chi connectivity index (χ1) is 15.7. The summed E-state index contributed by atoms with van der Waals surface area (Å²) in [4.78, 5) is 8.90. The smallest absolute Gasteiger partial charge is 0.159 e. The first-order valence-corrected chi connectivity index (χ1v) is 12.9. The third-order valence-electron chi connectivity index (χ3n) is 6.08. The fourth-order valence-corrected chi connectivity index (χ4v) is 3.60. The normalized spacial score (nSPS) is 12.0. The topological polar surface area (TPSA) is 44.2 Å². The molecular formula is C28H44N2O2. The van der Waals surface area contributed by atoms with Crippen molar-refractivity contribution in [1.29, 1.82) is 0 Å². The summed E-state index contributed by atoms with van der Waals surface area (Å²) < 4.78 is 11.6. The lowest BCUT2D eigenvalue weighted by molar-refractivity contribution is 0.280. The highest BCUT2D eigenvalue weighted by Gasteiger charge is 2.04. The molecule has 4 heteroatoms. The van der Waals surface area contributed by atoms with Gasteiger partial charge in [-0.25, -0.2) is 9.97 Å². The fourth-order valence-electron chi connectivity index (χ4n) is 3.60. The summed E-state index contributed by atoms with van der Waals surface area (Å²) in [7, 11) is 0. The number of hydrogen-bond donors (Lipinski definition) is 0. The van der Waals surface area contributed by atoms with Gasteiger partial charge >= 0.3 is 0 Å². The number of unbranched alkanes of at least 4 members (excludes halogenated alkanes) is 9. The van der Waals surface area contributed by atoms with E-state index in [1.165, 1.54) is 64.2 Å². The van der Waals surface area contributed by atoms with E-state index in [4.69, 9.17) is 9.47 Å². The van der Waals surface area contributed by atoms with Crippen LogP contribution in [0.4, 0.5) is 0 Å². The third-order valence-corrected chi connectivity index (χ3v) is 6.08. The second kappa shape index (κ2) is 16.5. The van der Waals surface area contributed by atoms with E-state index in [2.05, 4.69) is 30.7 Å². The maximum absolute atomic E-state index is 5.90. The van der Waals surface area contributed by atoms with E-state index in [1.807, 2.05) is 24.3 Å². The van der Waals surface area contributed by atoms with Crippen LogP contribution in [0.2, 0.25) is 0 Å². The van der Waals surface area contributed by atoms with Gasteiger partial charge in [0.15, 0.2) is 11.6 Å². The van der Waals surface area contributed by atoms with Gasteiger partial charge < -0.3 is 9.47 Å². The average Bonchev–Trinajstić information content (AvgIpc) is 2.83. The molecule has 0 aliphatic carbocycles. The summed E-state index contributed by atoms with van der Waals surface area (Å²) >= 11 is 0. The number of aromatic nitrogens is 2. The molecule has 0 saturated heterocycles. The van der Waals surface area contributed by atoms with Crippen LogP contribution in [-0.2, 0) is 0 Å². The standard InChI is InChI=1S/C28H44N2O2/c1-4-6-7-8-9-10-11-12-13-14-20-31-26-17-15-25(16-18-26)28-29-22-27(23-30-28)32-21-19-24(3)5-2/h15-18,22-24H,4-14,19-21H2,1-3H3. The first-order valence-electron chi connectivity index (χ1n) is 12.9. The van der Waals surface area contributed by atoms with E-state index in [-0.39, 0.29) is 0 Å². The number of benzene rings is 1. The van der Waals surface area contributed by atoms with E-state index in [1.54, 1.807) is 12.4 Å². The molecule has 0 aliphatic heterocycles. The van der Waals surface area contributed by atoms with Crippen molar-refractivity contribution in [3.63, 3.8) is 0 Å². The Labute approximate surface area is 196 Å². The Morgan fingerprint density at radius 3 is 1.84 bits per heavy atom. The van der Waals surface area contributed by atoms with E-state index < -0.39 is 0 Å². The van der Waals surface area contributed by atoms with Gasteiger partial charge in [0.05, 0.1) is 25.6 Å². The van der Waals surface area contributed by atoms with Crippen LogP contribution in [0.15, 0.2) is 36.7 Å². The summed E-state index contributed by atoms with van der Waals surface area (Å²) in [5.41, 5.74) is 0.988. The Morgan fingerprint density at radius 1 is 0.688 bits per heavy atom. The van der Waals surface area contributed by atoms with Crippen molar-refractivity contribution in [3.05, 3.63) is 36.7 Å². The van der Waals surface area contributed by atoms with Gasteiger partial charge in [0.2, 0.25) is 0 Å². The van der Waals surface area contributed by atoms with E-state index >= 15 is 0 Å². The summed E-state index contributed by atoms with van der Waals surface area (Å²) in [5.74, 6) is 3.03. The number of hydrogen-bond acceptors (Lipinski definition) is 4. The van der Waals surface area contributed by atoms with Gasteiger partial charge in [-0.05, 0) is 43.0 Å². The van der Waals surface area contributed by atoms with Gasteiger partial charge in [0.1, 0.15) is 5.75 Å². The molecule has 0 spiro atoms. The van der Waals surface area contributed by atoms with Crippen molar-refractivity contribution in [3.8, 4) is 22.9 Å². The van der Waals surface area contributed by atoms with Crippen LogP contribution in [0.5, 0.6) is 11.5 Å². The molecule has 0 amide bonds. The second-order valence-electron chi connectivity index (χ2n) is 8.95. The second-order valence-corrected chi connectivity index (χ2v) is 8.95. The van der Waals surface area contributed by atoms with Crippen molar-refractivity contribution in [2.75, 3.05) is 13.2 Å². The third kappa shape index (κ3) is 11.0. The van der Waals surface area contributed by atoms with Crippen LogP contribution in [0, 0.1) is 5.92 Å². The first kappa shape index (κ1) is 26.2. The SMILES string of the molecule is CCCCCCCCCCCCOc1ccc(-c2ncc(OCCC(C)CC)cn2)cc1. The molecule has 0 radical (unpaired) electrons. The monoisotopic (exact) mass is 440 g/mol. The minimum absolute atomic E-state index is 0.682. The van der Waals surface area contributed by atoms with Gasteiger partial charge in [0, 0.05) is 5.56 Å². The van der Waals surface area contributed by atoms with Gasteiger partial charge in [-0.1, -0.05) is 85.0 Å². The minimum Gasteiger partial charge on any atom is -0.494 e. The predicted octanol–water partition coefficient (Wildman–Crippen LogP) is 8.26. The molecule has 2 aromatic rings. The van der Waals surface area contributed by atoms with Crippen molar-refractivity contribution < 1.29 is 9.47 Å². The maximum atomic E-state index is 5.90. The Kier molecular flexibility index (Phi) is 13.5. The summed E-state index contributed by atoms with van der Waals surface area (Å²) in [5, 5.41) is 0. The molecule has 0 N–H and O–H groups in total. The molecule has 0 bridgehead atoms. The van der Waals surface area contributed by atoms with Gasteiger partial charge in [0.25, 0.3) is 0 Å². The lowest BCUT2D eigenvalue weighted by Gasteiger charge is -2.10. The summed E-state index contributed by atoms with van der Waals surface area (Å²) in [6, 6.07) is 8.05. The van der Waals surface area contributed by atoms with Crippen LogP contribution >= 0.6 is 0 Å². The molecular weight excluding hydrogens is 396 g/mol. The molecule has 0 aliphatic rings. The van der Waals surface area contributed by atoms with Crippen molar-refractivity contribution in [2.45, 2.75) is 97.8 Å². The molecule has 2 rings (SSSR count). The molecule has 0 fully saturated rings. The Hall–Kier alpha value is -2.10. The zero-order valence-electron chi connectivity index (χ0n) is 20.7. The zero-order chi connectivity index (χ0) is 22.9. The van der Waals surface area contributed by atoms with Gasteiger partial charge in [-0.2, -0.15) is 0 Å². The molecule has 4 nitrogen and oxygen atoms in total. The summed E-state index contributed by atoms with van der Waals surface area (Å²) in [6.45, 7) is 8.22.